The van der Waals surface area contributed by atoms with Crippen molar-refractivity contribution in [2.24, 2.45) is 0 Å². The number of nitrogens with zero attached hydrogens (tertiary/aromatic N) is 1. The molecule has 2 amide bonds. The fourth-order valence-electron chi connectivity index (χ4n) is 1.39. The molecule has 2 rings (SSSR count). The Morgan fingerprint density at radius 3 is 3.00 bits per heavy atom. The first-order valence-corrected chi connectivity index (χ1v) is 5.29. The van der Waals surface area contributed by atoms with Gasteiger partial charge in [-0.25, -0.2) is 4.79 Å². The highest BCUT2D eigenvalue weighted by Gasteiger charge is 2.01. The number of H-pyrrole nitrogens is 1. The Hall–Kier alpha value is -2.30. The van der Waals surface area contributed by atoms with Gasteiger partial charge in [-0.2, -0.15) is 5.10 Å². The molecule has 3 N–H and O–H groups in total. The molecule has 5 heteroatoms. The van der Waals surface area contributed by atoms with E-state index in [1.165, 1.54) is 0 Å². The number of rotatable bonds is 2. The molecule has 0 saturated heterocycles. The van der Waals surface area contributed by atoms with Crippen molar-refractivity contribution in [3.05, 3.63) is 36.2 Å². The summed E-state index contributed by atoms with van der Waals surface area (Å²) in [4.78, 5) is 11.5. The summed E-state index contributed by atoms with van der Waals surface area (Å²) >= 11 is 0. The van der Waals surface area contributed by atoms with E-state index >= 15 is 0 Å². The maximum Gasteiger partial charge on any atom is 0.323 e. The van der Waals surface area contributed by atoms with E-state index in [9.17, 15) is 4.79 Å². The summed E-state index contributed by atoms with van der Waals surface area (Å²) in [5, 5.41) is 13.2. The van der Waals surface area contributed by atoms with Crippen LogP contribution in [0.1, 0.15) is 13.8 Å². The van der Waals surface area contributed by atoms with E-state index in [2.05, 4.69) is 20.8 Å². The lowest BCUT2D eigenvalue weighted by Gasteiger charge is -2.04. The molecule has 1 aromatic carbocycles. The lowest BCUT2D eigenvalue weighted by atomic mass is 10.2. The average molecular weight is 230 g/mol. The topological polar surface area (TPSA) is 69.8 Å². The van der Waals surface area contributed by atoms with Gasteiger partial charge in [0, 0.05) is 17.3 Å². The number of urea groups is 1. The molecule has 0 unspecified atom stereocenters. The molecule has 0 radical (unpaired) electrons. The molecule has 0 bridgehead atoms. The van der Waals surface area contributed by atoms with Crippen LogP contribution in [0.3, 0.4) is 0 Å². The van der Waals surface area contributed by atoms with Crippen LogP contribution in [0.25, 0.3) is 10.9 Å². The molecule has 0 fully saturated rings. The number of carbonyl (C=O) groups excluding carboxylic acids is 1. The Labute approximate surface area is 98.9 Å². The normalized spacial score (nSPS) is 10.0. The second kappa shape index (κ2) is 4.69. The molecule has 0 atom stereocenters. The summed E-state index contributed by atoms with van der Waals surface area (Å²) in [6, 6.07) is 5.31. The number of nitrogens with one attached hydrogen (secondary N) is 3. The Kier molecular flexibility index (Phi) is 3.09. The molecule has 88 valence electrons. The summed E-state index contributed by atoms with van der Waals surface area (Å²) < 4.78 is 0. The minimum absolute atomic E-state index is 0.259. The highest BCUT2D eigenvalue weighted by molar-refractivity contribution is 5.92. The molecular weight excluding hydrogens is 216 g/mol. The summed E-state index contributed by atoms with van der Waals surface area (Å²) in [6.07, 6.45) is 3.40. The number of amides is 2. The highest BCUT2D eigenvalue weighted by Crippen LogP contribution is 2.16. The molecule has 0 saturated carbocycles. The summed E-state index contributed by atoms with van der Waals surface area (Å²) in [6.45, 7) is 3.83. The second-order valence-electron chi connectivity index (χ2n) is 3.99. The standard InChI is InChI=1S/C12H14N4O/c1-8(2)6-13-12(17)15-10-4-3-9-7-14-16-11(9)5-10/h3-7H,1-2H3,(H,14,16)(H2,13,15,17). The number of hydrogen-bond acceptors (Lipinski definition) is 2. The number of carbonyl (C=O) groups is 1. The maximum absolute atomic E-state index is 11.5. The van der Waals surface area contributed by atoms with Gasteiger partial charge < -0.3 is 10.6 Å². The van der Waals surface area contributed by atoms with Crippen LogP contribution in [0.5, 0.6) is 0 Å². The maximum atomic E-state index is 11.5. The molecule has 0 aliphatic carbocycles. The van der Waals surface area contributed by atoms with E-state index in [0.29, 0.717) is 0 Å². The van der Waals surface area contributed by atoms with Crippen molar-refractivity contribution < 1.29 is 4.79 Å². The van der Waals surface area contributed by atoms with Gasteiger partial charge in [-0.1, -0.05) is 5.57 Å². The van der Waals surface area contributed by atoms with E-state index < -0.39 is 0 Å². The number of aromatic amines is 1. The molecule has 0 aliphatic rings. The predicted molar refractivity (Wildman–Crippen MR) is 67.7 cm³/mol. The van der Waals surface area contributed by atoms with Crippen molar-refractivity contribution in [2.75, 3.05) is 5.32 Å². The predicted octanol–water partition coefficient (Wildman–Crippen LogP) is 2.61. The third-order valence-corrected chi connectivity index (χ3v) is 2.19. The third-order valence-electron chi connectivity index (χ3n) is 2.19. The van der Waals surface area contributed by atoms with Gasteiger partial charge in [0.1, 0.15) is 0 Å². The molecule has 2 aromatic rings. The zero-order chi connectivity index (χ0) is 12.3. The second-order valence-corrected chi connectivity index (χ2v) is 3.99. The molecule has 1 heterocycles. The number of allylic oxidation sites excluding steroid dienone is 1. The van der Waals surface area contributed by atoms with Gasteiger partial charge in [0.05, 0.1) is 11.7 Å². The van der Waals surface area contributed by atoms with E-state index in [-0.39, 0.29) is 6.03 Å². The first-order valence-electron chi connectivity index (χ1n) is 5.29. The first-order chi connectivity index (χ1) is 8.15. The van der Waals surface area contributed by atoms with E-state index in [1.54, 1.807) is 12.4 Å². The molecule has 0 spiro atoms. The summed E-state index contributed by atoms with van der Waals surface area (Å²) in [5.74, 6) is 0. The third kappa shape index (κ3) is 2.84. The first kappa shape index (κ1) is 11.2. The number of hydrogen-bond donors (Lipinski definition) is 3. The number of anilines is 1. The fraction of sp³-hybridized carbons (Fsp3) is 0.167. The van der Waals surface area contributed by atoms with Gasteiger partial charge in [0.2, 0.25) is 0 Å². The fourth-order valence-corrected chi connectivity index (χ4v) is 1.39. The van der Waals surface area contributed by atoms with Crippen LogP contribution >= 0.6 is 0 Å². The van der Waals surface area contributed by atoms with Crippen LogP contribution in [0.2, 0.25) is 0 Å². The van der Waals surface area contributed by atoms with Gasteiger partial charge in [0.15, 0.2) is 0 Å². The van der Waals surface area contributed by atoms with Crippen molar-refractivity contribution in [3.63, 3.8) is 0 Å². The molecule has 17 heavy (non-hydrogen) atoms. The Morgan fingerprint density at radius 1 is 1.41 bits per heavy atom. The van der Waals surface area contributed by atoms with E-state index in [0.717, 1.165) is 22.2 Å². The average Bonchev–Trinajstić information content (AvgIpc) is 2.73. The number of aromatic nitrogens is 2. The lowest BCUT2D eigenvalue weighted by molar-refractivity contribution is 0.255. The van der Waals surface area contributed by atoms with Crippen molar-refractivity contribution in [2.45, 2.75) is 13.8 Å². The van der Waals surface area contributed by atoms with Gasteiger partial charge in [-0.3, -0.25) is 5.10 Å². The van der Waals surface area contributed by atoms with Gasteiger partial charge in [0.25, 0.3) is 0 Å². The molecular formula is C12H14N4O. The Morgan fingerprint density at radius 2 is 2.24 bits per heavy atom. The van der Waals surface area contributed by atoms with Crippen molar-refractivity contribution in [1.82, 2.24) is 15.5 Å². The summed E-state index contributed by atoms with van der Waals surface area (Å²) in [5.41, 5.74) is 2.65. The van der Waals surface area contributed by atoms with Gasteiger partial charge in [-0.05, 0) is 32.0 Å². The summed E-state index contributed by atoms with van der Waals surface area (Å²) in [7, 11) is 0. The highest BCUT2D eigenvalue weighted by atomic mass is 16.2. The monoisotopic (exact) mass is 230 g/mol. The van der Waals surface area contributed by atoms with Crippen LogP contribution in [-0.2, 0) is 0 Å². The smallest absolute Gasteiger partial charge is 0.314 e. The van der Waals surface area contributed by atoms with Gasteiger partial charge >= 0.3 is 6.03 Å². The molecule has 0 aliphatic heterocycles. The zero-order valence-corrected chi connectivity index (χ0v) is 9.74. The molecule has 5 nitrogen and oxygen atoms in total. The number of fused-ring (bicyclic) bond motifs is 1. The Bertz CT molecular complexity index is 567. The number of benzene rings is 1. The van der Waals surface area contributed by atoms with Crippen molar-refractivity contribution in [3.8, 4) is 0 Å². The van der Waals surface area contributed by atoms with Crippen LogP contribution in [-0.4, -0.2) is 16.2 Å². The van der Waals surface area contributed by atoms with Crippen molar-refractivity contribution in [1.29, 1.82) is 0 Å². The van der Waals surface area contributed by atoms with Crippen molar-refractivity contribution >= 4 is 22.6 Å². The van der Waals surface area contributed by atoms with Crippen LogP contribution in [0.4, 0.5) is 10.5 Å². The zero-order valence-electron chi connectivity index (χ0n) is 9.74. The Balaban J connectivity index is 2.07. The lowest BCUT2D eigenvalue weighted by Crippen LogP contribution is -2.24. The minimum atomic E-state index is -0.259. The SMILES string of the molecule is CC(C)=CNC(=O)Nc1ccc2cn[nH]c2c1. The van der Waals surface area contributed by atoms with Crippen LogP contribution < -0.4 is 10.6 Å². The van der Waals surface area contributed by atoms with E-state index in [1.807, 2.05) is 32.0 Å². The van der Waals surface area contributed by atoms with Gasteiger partial charge in [-0.15, -0.1) is 0 Å². The van der Waals surface area contributed by atoms with Crippen LogP contribution in [0, 0.1) is 0 Å². The minimum Gasteiger partial charge on any atom is -0.314 e. The largest absolute Gasteiger partial charge is 0.323 e. The molecule has 1 aromatic heterocycles. The quantitative estimate of drug-likeness (QED) is 0.742. The van der Waals surface area contributed by atoms with E-state index in [4.69, 9.17) is 0 Å². The van der Waals surface area contributed by atoms with Crippen LogP contribution in [0.15, 0.2) is 36.2 Å².